The Morgan fingerprint density at radius 3 is 2.40 bits per heavy atom. The van der Waals surface area contributed by atoms with Crippen molar-refractivity contribution in [1.82, 2.24) is 0 Å². The summed E-state index contributed by atoms with van der Waals surface area (Å²) in [6, 6.07) is 8.55. The summed E-state index contributed by atoms with van der Waals surface area (Å²) in [5.41, 5.74) is 1.24. The number of esters is 2. The Bertz CT molecular complexity index is 456. The Morgan fingerprint density at radius 2 is 1.93 bits per heavy atom. The summed E-state index contributed by atoms with van der Waals surface area (Å²) in [4.78, 5) is 22.1. The van der Waals surface area contributed by atoms with Crippen LogP contribution in [0.4, 0.5) is 0 Å². The van der Waals surface area contributed by atoms with E-state index in [1.165, 1.54) is 0 Å². The molecule has 0 N–H and O–H groups in total. The second-order valence-electron chi connectivity index (χ2n) is 3.28. The maximum absolute atomic E-state index is 11.2. The maximum atomic E-state index is 11.2. The number of nitrogens with zero attached hydrogens (tertiary/aromatic N) is 1. The van der Waals surface area contributed by atoms with Crippen LogP contribution in [0.3, 0.4) is 0 Å². The van der Waals surface area contributed by atoms with Gasteiger partial charge in [0.2, 0.25) is 0 Å². The van der Waals surface area contributed by atoms with Crippen molar-refractivity contribution in [3.63, 3.8) is 0 Å². The summed E-state index contributed by atoms with van der Waals surface area (Å²) in [6.07, 6.45) is 0.0880. The van der Waals surface area contributed by atoms with Crippen LogP contribution in [0.5, 0.6) is 0 Å². The van der Waals surface area contributed by atoms with Crippen molar-refractivity contribution >= 4 is 11.9 Å². The van der Waals surface area contributed by atoms with Gasteiger partial charge in [0.15, 0.2) is 0 Å². The first kappa shape index (κ1) is 9.41. The number of benzene rings is 1. The molecule has 1 aliphatic heterocycles. The molecule has 1 atom stereocenters. The molecule has 1 fully saturated rings. The molecule has 4 heteroatoms. The number of hydrogen-bond acceptors (Lipinski definition) is 4. The predicted octanol–water partition coefficient (Wildman–Crippen LogP) is 1.12. The third-order valence-corrected chi connectivity index (χ3v) is 2.31. The van der Waals surface area contributed by atoms with E-state index in [1.807, 2.05) is 6.07 Å². The molecule has 0 amide bonds. The molecule has 1 saturated heterocycles. The molecule has 4 nitrogen and oxygen atoms in total. The number of cyclic esters (lactones) is 2. The van der Waals surface area contributed by atoms with E-state index in [0.29, 0.717) is 11.1 Å². The number of ether oxygens (including phenoxy) is 1. The molecule has 15 heavy (non-hydrogen) atoms. The van der Waals surface area contributed by atoms with E-state index in [4.69, 9.17) is 5.26 Å². The van der Waals surface area contributed by atoms with Crippen LogP contribution < -0.4 is 0 Å². The average molecular weight is 201 g/mol. The molecule has 74 valence electrons. The van der Waals surface area contributed by atoms with Crippen LogP contribution >= 0.6 is 0 Å². The molecule has 0 radical (unpaired) electrons. The van der Waals surface area contributed by atoms with Crippen LogP contribution in [-0.4, -0.2) is 11.9 Å². The normalized spacial score (nSPS) is 19.8. The van der Waals surface area contributed by atoms with Crippen molar-refractivity contribution in [3.8, 4) is 6.07 Å². The predicted molar refractivity (Wildman–Crippen MR) is 49.6 cm³/mol. The van der Waals surface area contributed by atoms with Gasteiger partial charge in [0.1, 0.15) is 0 Å². The lowest BCUT2D eigenvalue weighted by Gasteiger charge is -2.03. The minimum absolute atomic E-state index is 0.0880. The standard InChI is InChI=1S/C11H7NO3/c12-6-7-1-3-8(4-2-7)9-5-10(13)15-11(9)14/h1-4,9H,5H2. The largest absolute Gasteiger partial charge is 0.393 e. The molecule has 0 saturated carbocycles. The molecule has 1 aromatic rings. The highest BCUT2D eigenvalue weighted by molar-refractivity contribution is 5.97. The summed E-state index contributed by atoms with van der Waals surface area (Å²) in [6.45, 7) is 0. The highest BCUT2D eigenvalue weighted by atomic mass is 16.6. The van der Waals surface area contributed by atoms with E-state index in [0.717, 1.165) is 0 Å². The SMILES string of the molecule is N#Cc1ccc(C2CC(=O)OC2=O)cc1. The average Bonchev–Trinajstić information content (AvgIpc) is 2.58. The zero-order valence-electron chi connectivity index (χ0n) is 7.77. The minimum Gasteiger partial charge on any atom is -0.393 e. The van der Waals surface area contributed by atoms with Gasteiger partial charge in [-0.1, -0.05) is 12.1 Å². The van der Waals surface area contributed by atoms with Crippen molar-refractivity contribution < 1.29 is 14.3 Å². The van der Waals surface area contributed by atoms with E-state index in [-0.39, 0.29) is 6.42 Å². The van der Waals surface area contributed by atoms with Gasteiger partial charge in [-0.3, -0.25) is 9.59 Å². The van der Waals surface area contributed by atoms with Crippen LogP contribution in [0.25, 0.3) is 0 Å². The Kier molecular flexibility index (Phi) is 2.22. The fourth-order valence-corrected chi connectivity index (χ4v) is 1.52. The van der Waals surface area contributed by atoms with Gasteiger partial charge in [-0.2, -0.15) is 5.26 Å². The number of rotatable bonds is 1. The lowest BCUT2D eigenvalue weighted by Crippen LogP contribution is -2.05. The van der Waals surface area contributed by atoms with Crippen molar-refractivity contribution in [2.24, 2.45) is 0 Å². The van der Waals surface area contributed by atoms with E-state index in [1.54, 1.807) is 24.3 Å². The maximum Gasteiger partial charge on any atom is 0.321 e. The van der Waals surface area contributed by atoms with Gasteiger partial charge < -0.3 is 4.74 Å². The fourth-order valence-electron chi connectivity index (χ4n) is 1.52. The minimum atomic E-state index is -0.510. The smallest absolute Gasteiger partial charge is 0.321 e. The van der Waals surface area contributed by atoms with Gasteiger partial charge in [-0.05, 0) is 17.7 Å². The van der Waals surface area contributed by atoms with Crippen LogP contribution in [-0.2, 0) is 14.3 Å². The van der Waals surface area contributed by atoms with Gasteiger partial charge in [-0.15, -0.1) is 0 Å². The van der Waals surface area contributed by atoms with Gasteiger partial charge in [-0.25, -0.2) is 0 Å². The number of carbonyl (C=O) groups excluding carboxylic acids is 2. The topological polar surface area (TPSA) is 67.2 Å². The molecule has 0 aliphatic carbocycles. The summed E-state index contributed by atoms with van der Waals surface area (Å²) < 4.78 is 4.44. The monoisotopic (exact) mass is 201 g/mol. The molecule has 1 unspecified atom stereocenters. The van der Waals surface area contributed by atoms with Crippen molar-refractivity contribution in [2.75, 3.05) is 0 Å². The van der Waals surface area contributed by atoms with Crippen molar-refractivity contribution in [1.29, 1.82) is 5.26 Å². The van der Waals surface area contributed by atoms with Gasteiger partial charge in [0.05, 0.1) is 24.0 Å². The zero-order valence-corrected chi connectivity index (χ0v) is 7.77. The lowest BCUT2D eigenvalue weighted by molar-refractivity contribution is -0.152. The fraction of sp³-hybridized carbons (Fsp3) is 0.182. The molecule has 0 spiro atoms. The van der Waals surface area contributed by atoms with Crippen molar-refractivity contribution in [2.45, 2.75) is 12.3 Å². The number of carbonyl (C=O) groups is 2. The second kappa shape index (κ2) is 3.54. The third-order valence-electron chi connectivity index (χ3n) is 2.31. The van der Waals surface area contributed by atoms with Gasteiger partial charge in [0, 0.05) is 0 Å². The zero-order chi connectivity index (χ0) is 10.8. The van der Waals surface area contributed by atoms with Crippen LogP contribution in [0.15, 0.2) is 24.3 Å². The summed E-state index contributed by atoms with van der Waals surface area (Å²) in [5.74, 6) is -1.51. The van der Waals surface area contributed by atoms with E-state index < -0.39 is 17.9 Å². The first-order valence-electron chi connectivity index (χ1n) is 4.45. The molecule has 0 aromatic heterocycles. The molecule has 1 aliphatic rings. The Labute approximate surface area is 86.1 Å². The van der Waals surface area contributed by atoms with Crippen molar-refractivity contribution in [3.05, 3.63) is 35.4 Å². The molecular formula is C11H7NO3. The molecule has 1 aromatic carbocycles. The van der Waals surface area contributed by atoms with Gasteiger partial charge in [0.25, 0.3) is 0 Å². The summed E-state index contributed by atoms with van der Waals surface area (Å²) >= 11 is 0. The third kappa shape index (κ3) is 1.72. The Morgan fingerprint density at radius 1 is 1.27 bits per heavy atom. The highest BCUT2D eigenvalue weighted by Gasteiger charge is 2.34. The lowest BCUT2D eigenvalue weighted by atomic mass is 9.97. The molecule has 1 heterocycles. The van der Waals surface area contributed by atoms with Crippen LogP contribution in [0.2, 0.25) is 0 Å². The quantitative estimate of drug-likeness (QED) is 0.504. The first-order chi connectivity index (χ1) is 7.20. The van der Waals surface area contributed by atoms with E-state index in [2.05, 4.69) is 4.74 Å². The van der Waals surface area contributed by atoms with E-state index in [9.17, 15) is 9.59 Å². The molecule has 0 bridgehead atoms. The van der Waals surface area contributed by atoms with Gasteiger partial charge >= 0.3 is 11.9 Å². The molecular weight excluding hydrogens is 194 g/mol. The number of nitriles is 1. The van der Waals surface area contributed by atoms with Crippen LogP contribution in [0, 0.1) is 11.3 Å². The highest BCUT2D eigenvalue weighted by Crippen LogP contribution is 2.27. The summed E-state index contributed by atoms with van der Waals surface area (Å²) in [5, 5.41) is 8.59. The number of hydrogen-bond donors (Lipinski definition) is 0. The van der Waals surface area contributed by atoms with E-state index >= 15 is 0 Å². The Hall–Kier alpha value is -2.15. The first-order valence-corrected chi connectivity index (χ1v) is 4.45. The van der Waals surface area contributed by atoms with Crippen LogP contribution in [0.1, 0.15) is 23.5 Å². The summed E-state index contributed by atoms with van der Waals surface area (Å²) in [7, 11) is 0. The Balaban J connectivity index is 2.27. The molecule has 2 rings (SSSR count). The second-order valence-corrected chi connectivity index (χ2v) is 3.28.